The van der Waals surface area contributed by atoms with E-state index in [1.54, 1.807) is 36.4 Å². The number of hydrogen-bond acceptors (Lipinski definition) is 14. The maximum atomic E-state index is 12.4. The predicted molar refractivity (Wildman–Crippen MR) is 186 cm³/mol. The van der Waals surface area contributed by atoms with E-state index >= 15 is 0 Å². The Labute approximate surface area is 417 Å². The topological polar surface area (TPSA) is 256 Å². The van der Waals surface area contributed by atoms with Crippen LogP contribution in [0, 0.1) is 0 Å². The molecule has 0 amide bonds. The smallest absolute Gasteiger partial charge is 0.744 e. The Morgan fingerprint density at radius 1 is 0.500 bits per heavy atom. The first-order valence-corrected chi connectivity index (χ1v) is 18.4. The van der Waals surface area contributed by atoms with Gasteiger partial charge < -0.3 is 28.9 Å². The second kappa shape index (κ2) is 18.4. The van der Waals surface area contributed by atoms with Crippen LogP contribution >= 0.6 is 0 Å². The normalized spacial score (nSPS) is 11.6. The van der Waals surface area contributed by atoms with Crippen LogP contribution < -0.4 is 128 Å². The first-order valence-electron chi connectivity index (χ1n) is 15.6. The van der Waals surface area contributed by atoms with Crippen LogP contribution in [-0.2, 0) is 20.2 Å². The van der Waals surface area contributed by atoms with Crippen molar-refractivity contribution in [1.82, 2.24) is 30.0 Å². The van der Waals surface area contributed by atoms with Crippen molar-refractivity contribution in [1.29, 1.82) is 0 Å². The average molecular weight is 851 g/mol. The summed E-state index contributed by atoms with van der Waals surface area (Å²) in [6, 6.07) is 22.6. The van der Waals surface area contributed by atoms with E-state index in [-0.39, 0.29) is 152 Å². The van der Waals surface area contributed by atoms with Gasteiger partial charge in [-0.3, -0.25) is 0 Å². The molecule has 0 saturated heterocycles. The van der Waals surface area contributed by atoms with Gasteiger partial charge in [-0.15, -0.1) is 20.4 Å². The third-order valence-electron chi connectivity index (χ3n) is 8.64. The first-order chi connectivity index (χ1) is 25.6. The van der Waals surface area contributed by atoms with E-state index in [9.17, 15) is 45.7 Å². The van der Waals surface area contributed by atoms with Crippen LogP contribution in [-0.4, -0.2) is 67.9 Å². The fourth-order valence-corrected chi connectivity index (χ4v) is 7.46. The van der Waals surface area contributed by atoms with Crippen molar-refractivity contribution in [3.05, 3.63) is 119 Å². The number of benzene rings is 6. The Morgan fingerprint density at radius 2 is 0.879 bits per heavy atom. The number of carboxylic acids is 2. The van der Waals surface area contributed by atoms with Crippen molar-refractivity contribution < 1.29 is 164 Å². The molecule has 16 nitrogen and oxygen atoms in total. The molecular formula is C36H18N6Na4O10S2. The molecule has 0 aliphatic rings. The standard InChI is InChI=1S/C36H22N6O10S2.4Na/c43-35(44)23-5-11-27-21(15-23)7-13-29-33(27)39-41(37-29)25-9-3-19(31(17-25)53(47,48)49)1-2-20-4-10-26(18-32(20)54(50,51)52)42-38-30-14-8-22-16-24(36(45)46)6-12-28(22)34(30)40-42;;;;/h1-18H,(H,43,44)(H,45,46)(H,47,48,49)(H,50,51,52);;;;/q;4*+1/p-4/b2-1+;;;;. The second-order valence-corrected chi connectivity index (χ2v) is 14.7. The fraction of sp³-hybridized carbons (Fsp3) is 0. The van der Waals surface area contributed by atoms with E-state index in [0.29, 0.717) is 43.6 Å². The number of carbonyl (C=O) groups is 2. The van der Waals surface area contributed by atoms with Crippen LogP contribution in [0.3, 0.4) is 0 Å². The summed E-state index contributed by atoms with van der Waals surface area (Å²) in [4.78, 5) is 23.4. The molecule has 2 heterocycles. The van der Waals surface area contributed by atoms with Crippen molar-refractivity contribution in [2.75, 3.05) is 0 Å². The molecule has 8 aromatic rings. The van der Waals surface area contributed by atoms with Gasteiger partial charge in [0.05, 0.1) is 33.1 Å². The van der Waals surface area contributed by atoms with E-state index in [1.807, 2.05) is 0 Å². The van der Waals surface area contributed by atoms with E-state index in [2.05, 4.69) is 20.4 Å². The Morgan fingerprint density at radius 3 is 1.22 bits per heavy atom. The third kappa shape index (κ3) is 9.37. The molecular weight excluding hydrogens is 833 g/mol. The molecule has 0 atom stereocenters. The molecule has 0 aliphatic carbocycles. The van der Waals surface area contributed by atoms with Gasteiger partial charge in [-0.05, 0) is 81.6 Å². The predicted octanol–water partition coefficient (Wildman–Crippen LogP) is -9.82. The van der Waals surface area contributed by atoms with Gasteiger partial charge in [-0.2, -0.15) is 9.59 Å². The molecule has 0 bridgehead atoms. The van der Waals surface area contributed by atoms with Gasteiger partial charge in [0.1, 0.15) is 42.3 Å². The first kappa shape index (κ1) is 47.8. The number of fused-ring (bicyclic) bond motifs is 6. The van der Waals surface area contributed by atoms with Crippen LogP contribution in [0.25, 0.3) is 67.1 Å². The molecule has 0 fully saturated rings. The van der Waals surface area contributed by atoms with Crippen LogP contribution in [0.5, 0.6) is 0 Å². The number of aromatic nitrogens is 6. The average Bonchev–Trinajstić information content (AvgIpc) is 3.78. The SMILES string of the molecule is O=C([O-])c1ccc2c(ccc3nn(-c4ccc(/C=C/c5ccc(-n6nc7ccc8cc(C(=O)[O-])ccc8c7n6)cc5S(=O)(=O)[O-])c(S(=O)(=O)[O-])c4)nc32)c1.[Na+].[Na+].[Na+].[Na+]. The second-order valence-electron chi connectivity index (χ2n) is 12.0. The molecule has 2 aromatic heterocycles. The van der Waals surface area contributed by atoms with Gasteiger partial charge in [-0.1, -0.05) is 60.7 Å². The zero-order valence-electron chi connectivity index (χ0n) is 31.0. The molecule has 22 heteroatoms. The van der Waals surface area contributed by atoms with E-state index in [0.717, 1.165) is 21.7 Å². The molecule has 8 rings (SSSR count). The fourth-order valence-electron chi connectivity index (χ4n) is 6.08. The van der Waals surface area contributed by atoms with Crippen molar-refractivity contribution in [2.45, 2.75) is 9.79 Å². The van der Waals surface area contributed by atoms with Crippen molar-refractivity contribution >= 4 is 87.9 Å². The summed E-state index contributed by atoms with van der Waals surface area (Å²) < 4.78 is 74.6. The van der Waals surface area contributed by atoms with Crippen LogP contribution in [0.4, 0.5) is 0 Å². The number of nitrogens with zero attached hydrogens (tertiary/aromatic N) is 6. The Balaban J connectivity index is 0.00000186. The summed E-state index contributed by atoms with van der Waals surface area (Å²) in [5.41, 5.74) is 1.41. The minimum Gasteiger partial charge on any atom is -0.744 e. The molecule has 6 aromatic carbocycles. The molecule has 0 aliphatic heterocycles. The largest absolute Gasteiger partial charge is 1.00 e. The third-order valence-corrected chi connectivity index (χ3v) is 10.4. The minimum atomic E-state index is -5.13. The maximum Gasteiger partial charge on any atom is 1.00 e. The number of rotatable bonds is 8. The van der Waals surface area contributed by atoms with Crippen LogP contribution in [0.2, 0.25) is 0 Å². The zero-order valence-corrected chi connectivity index (χ0v) is 40.6. The molecule has 58 heavy (non-hydrogen) atoms. The summed E-state index contributed by atoms with van der Waals surface area (Å²) in [7, 11) is -10.3. The maximum absolute atomic E-state index is 12.4. The number of aromatic carboxylic acids is 2. The van der Waals surface area contributed by atoms with Gasteiger partial charge in [0.15, 0.2) is 0 Å². The Kier molecular flexibility index (Phi) is 15.2. The molecule has 0 saturated carbocycles. The van der Waals surface area contributed by atoms with Crippen molar-refractivity contribution in [3.63, 3.8) is 0 Å². The Hall–Kier alpha value is -2.86. The summed E-state index contributed by atoms with van der Waals surface area (Å²) in [5, 5.41) is 42.4. The zero-order chi connectivity index (χ0) is 38.1. The van der Waals surface area contributed by atoms with Gasteiger partial charge in [-0.25, -0.2) is 16.8 Å². The quantitative estimate of drug-likeness (QED) is 0.0782. The van der Waals surface area contributed by atoms with Crippen LogP contribution in [0.1, 0.15) is 31.8 Å². The van der Waals surface area contributed by atoms with Gasteiger partial charge in [0, 0.05) is 10.8 Å². The summed E-state index contributed by atoms with van der Waals surface area (Å²) in [6.45, 7) is 0. The van der Waals surface area contributed by atoms with Gasteiger partial charge >= 0.3 is 118 Å². The molecule has 268 valence electrons. The van der Waals surface area contributed by atoms with Gasteiger partial charge in [0.2, 0.25) is 0 Å². The Bertz CT molecular complexity index is 3000. The molecule has 0 unspecified atom stereocenters. The minimum absolute atomic E-state index is 0. The number of hydrogen-bond donors (Lipinski definition) is 0. The van der Waals surface area contributed by atoms with E-state index < -0.39 is 42.0 Å². The molecule has 0 spiro atoms. The van der Waals surface area contributed by atoms with Gasteiger partial charge in [0.25, 0.3) is 0 Å². The molecule has 0 N–H and O–H groups in total. The van der Waals surface area contributed by atoms with Crippen molar-refractivity contribution in [3.8, 4) is 11.4 Å². The van der Waals surface area contributed by atoms with E-state index in [1.165, 1.54) is 60.7 Å². The van der Waals surface area contributed by atoms with E-state index in [4.69, 9.17) is 0 Å². The number of carbonyl (C=O) groups excluding carboxylic acids is 2. The monoisotopic (exact) mass is 850 g/mol. The molecule has 0 radical (unpaired) electrons. The summed E-state index contributed by atoms with van der Waals surface area (Å²) in [5.74, 6) is -2.70. The summed E-state index contributed by atoms with van der Waals surface area (Å²) in [6.07, 6.45) is 2.34. The van der Waals surface area contributed by atoms with Crippen molar-refractivity contribution in [2.24, 2.45) is 0 Å². The summed E-state index contributed by atoms with van der Waals surface area (Å²) >= 11 is 0. The number of carboxylic acid groups (broad SMARTS) is 2. The van der Waals surface area contributed by atoms with Crippen LogP contribution in [0.15, 0.2) is 107 Å².